The second kappa shape index (κ2) is 6.82. The fourth-order valence-corrected chi connectivity index (χ4v) is 1.24. The molecule has 0 aliphatic heterocycles. The van der Waals surface area contributed by atoms with Gasteiger partial charge in [0.25, 0.3) is 0 Å². The number of rotatable bonds is 7. The molecule has 0 aliphatic rings. The highest BCUT2D eigenvalue weighted by Gasteiger charge is 2.27. The van der Waals surface area contributed by atoms with Gasteiger partial charge in [-0.3, -0.25) is 4.79 Å². The van der Waals surface area contributed by atoms with Crippen LogP contribution in [0.4, 0.5) is 13.2 Å². The molecule has 0 atom stereocenters. The molecule has 15 heavy (non-hydrogen) atoms. The minimum Gasteiger partial charge on any atom is -0.364 e. The molecule has 0 N–H and O–H groups in total. The van der Waals surface area contributed by atoms with Crippen LogP contribution in [-0.4, -0.2) is 25.2 Å². The lowest BCUT2D eigenvalue weighted by molar-refractivity contribution is -0.175. The summed E-state index contributed by atoms with van der Waals surface area (Å²) >= 11 is 0. The Labute approximate surface area is 87.8 Å². The van der Waals surface area contributed by atoms with Crippen molar-refractivity contribution in [2.24, 2.45) is 5.92 Å². The van der Waals surface area contributed by atoms with Crippen molar-refractivity contribution in [3.63, 3.8) is 0 Å². The zero-order valence-corrected chi connectivity index (χ0v) is 9.06. The van der Waals surface area contributed by atoms with Gasteiger partial charge in [-0.1, -0.05) is 26.7 Å². The number of hydrogen-bond acceptors (Lipinski definition) is 2. The van der Waals surface area contributed by atoms with E-state index in [9.17, 15) is 18.0 Å². The molecule has 0 unspecified atom stereocenters. The van der Waals surface area contributed by atoms with E-state index in [0.29, 0.717) is 6.42 Å². The van der Waals surface area contributed by atoms with Gasteiger partial charge < -0.3 is 4.74 Å². The molecule has 0 bridgehead atoms. The standard InChI is InChI=1S/C10H17F3O2/c1-3-8(4-2)5-9(14)6-15-7-10(11,12)13/h8H,3-7H2,1-2H3. The molecule has 0 saturated carbocycles. The minimum absolute atomic E-state index is 0.256. The van der Waals surface area contributed by atoms with Gasteiger partial charge in [-0.15, -0.1) is 0 Å². The van der Waals surface area contributed by atoms with Crippen molar-refractivity contribution in [2.45, 2.75) is 39.3 Å². The summed E-state index contributed by atoms with van der Waals surface area (Å²) in [6.07, 6.45) is -2.32. The van der Waals surface area contributed by atoms with Crippen molar-refractivity contribution >= 4 is 5.78 Å². The Bertz CT molecular complexity index is 186. The highest BCUT2D eigenvalue weighted by atomic mass is 19.4. The molecular formula is C10H17F3O2. The predicted molar refractivity (Wildman–Crippen MR) is 50.6 cm³/mol. The van der Waals surface area contributed by atoms with Crippen LogP contribution in [0.1, 0.15) is 33.1 Å². The van der Waals surface area contributed by atoms with Gasteiger partial charge in [-0.25, -0.2) is 0 Å². The molecule has 0 aromatic carbocycles. The number of carbonyl (C=O) groups excluding carboxylic acids is 1. The van der Waals surface area contributed by atoms with Gasteiger partial charge in [0.05, 0.1) is 0 Å². The van der Waals surface area contributed by atoms with Crippen molar-refractivity contribution < 1.29 is 22.7 Å². The second-order valence-electron chi connectivity index (χ2n) is 3.53. The number of hydrogen-bond donors (Lipinski definition) is 0. The third-order valence-electron chi connectivity index (χ3n) is 2.20. The van der Waals surface area contributed by atoms with Crippen LogP contribution >= 0.6 is 0 Å². The van der Waals surface area contributed by atoms with Crippen LogP contribution in [0.5, 0.6) is 0 Å². The van der Waals surface area contributed by atoms with E-state index in [1.165, 1.54) is 0 Å². The average Bonchev–Trinajstić information content (AvgIpc) is 2.12. The smallest absolute Gasteiger partial charge is 0.364 e. The zero-order chi connectivity index (χ0) is 11.9. The monoisotopic (exact) mass is 226 g/mol. The molecule has 0 aromatic heterocycles. The normalized spacial score (nSPS) is 12.1. The number of ether oxygens (including phenoxy) is 1. The Morgan fingerprint density at radius 1 is 1.27 bits per heavy atom. The summed E-state index contributed by atoms with van der Waals surface area (Å²) in [4.78, 5) is 11.2. The molecule has 90 valence electrons. The molecule has 0 aliphatic carbocycles. The molecule has 0 radical (unpaired) electrons. The van der Waals surface area contributed by atoms with Gasteiger partial charge in [-0.2, -0.15) is 13.2 Å². The highest BCUT2D eigenvalue weighted by molar-refractivity contribution is 5.79. The van der Waals surface area contributed by atoms with E-state index in [-0.39, 0.29) is 11.7 Å². The highest BCUT2D eigenvalue weighted by Crippen LogP contribution is 2.15. The summed E-state index contributed by atoms with van der Waals surface area (Å²) in [6.45, 7) is 2.13. The maximum absolute atomic E-state index is 11.7. The van der Waals surface area contributed by atoms with Gasteiger partial charge in [0, 0.05) is 6.42 Å². The summed E-state index contributed by atoms with van der Waals surface area (Å²) in [5.41, 5.74) is 0. The maximum Gasteiger partial charge on any atom is 0.411 e. The fraction of sp³-hybridized carbons (Fsp3) is 0.900. The van der Waals surface area contributed by atoms with E-state index >= 15 is 0 Å². The zero-order valence-electron chi connectivity index (χ0n) is 9.06. The molecule has 0 aromatic rings. The predicted octanol–water partition coefficient (Wildman–Crippen LogP) is 2.96. The van der Waals surface area contributed by atoms with Gasteiger partial charge >= 0.3 is 6.18 Å². The van der Waals surface area contributed by atoms with E-state index in [0.717, 1.165) is 12.8 Å². The fourth-order valence-electron chi connectivity index (χ4n) is 1.24. The van der Waals surface area contributed by atoms with Crippen LogP contribution in [0.15, 0.2) is 0 Å². The van der Waals surface area contributed by atoms with E-state index in [1.54, 1.807) is 0 Å². The van der Waals surface area contributed by atoms with Crippen molar-refractivity contribution in [3.8, 4) is 0 Å². The molecule has 2 nitrogen and oxygen atoms in total. The van der Waals surface area contributed by atoms with Crippen LogP contribution in [0, 0.1) is 5.92 Å². The third kappa shape index (κ3) is 8.42. The number of ketones is 1. The summed E-state index contributed by atoms with van der Waals surface area (Å²) in [5.74, 6) is -0.0000586. The van der Waals surface area contributed by atoms with Crippen LogP contribution in [0.3, 0.4) is 0 Å². The molecule has 5 heteroatoms. The molecule has 0 amide bonds. The van der Waals surface area contributed by atoms with Gasteiger partial charge in [0.2, 0.25) is 0 Å². The number of Topliss-reactive ketones (excluding diaryl/α,β-unsaturated/α-hetero) is 1. The minimum atomic E-state index is -4.35. The molecule has 0 fully saturated rings. The van der Waals surface area contributed by atoms with Crippen LogP contribution in [-0.2, 0) is 9.53 Å². The van der Waals surface area contributed by atoms with Gasteiger partial charge in [0.1, 0.15) is 13.2 Å². The van der Waals surface area contributed by atoms with Crippen molar-refractivity contribution in [1.29, 1.82) is 0 Å². The van der Waals surface area contributed by atoms with Crippen molar-refractivity contribution in [1.82, 2.24) is 0 Å². The Balaban J connectivity index is 3.66. The SMILES string of the molecule is CCC(CC)CC(=O)COCC(F)(F)F. The first-order chi connectivity index (χ1) is 6.89. The third-order valence-corrected chi connectivity index (χ3v) is 2.20. The van der Waals surface area contributed by atoms with Crippen LogP contribution < -0.4 is 0 Å². The summed E-state index contributed by atoms with van der Waals surface area (Å²) in [5, 5.41) is 0. The van der Waals surface area contributed by atoms with E-state index in [1.807, 2.05) is 13.8 Å². The summed E-state index contributed by atoms with van der Waals surface area (Å²) in [7, 11) is 0. The Hall–Kier alpha value is -0.580. The number of halogens is 3. The van der Waals surface area contributed by atoms with Gasteiger partial charge in [-0.05, 0) is 5.92 Å². The Morgan fingerprint density at radius 2 is 1.80 bits per heavy atom. The number of carbonyl (C=O) groups is 1. The van der Waals surface area contributed by atoms with E-state index in [2.05, 4.69) is 4.74 Å². The molecular weight excluding hydrogens is 209 g/mol. The Morgan fingerprint density at radius 3 is 2.20 bits per heavy atom. The van der Waals surface area contributed by atoms with E-state index < -0.39 is 19.4 Å². The molecule has 0 saturated heterocycles. The first-order valence-corrected chi connectivity index (χ1v) is 5.05. The quantitative estimate of drug-likeness (QED) is 0.667. The van der Waals surface area contributed by atoms with Crippen molar-refractivity contribution in [2.75, 3.05) is 13.2 Å². The first-order valence-electron chi connectivity index (χ1n) is 5.05. The van der Waals surface area contributed by atoms with E-state index in [4.69, 9.17) is 0 Å². The molecule has 0 heterocycles. The van der Waals surface area contributed by atoms with Gasteiger partial charge in [0.15, 0.2) is 5.78 Å². The molecule has 0 rings (SSSR count). The summed E-state index contributed by atoms with van der Waals surface area (Å²) < 4.78 is 39.3. The first kappa shape index (κ1) is 14.4. The summed E-state index contributed by atoms with van der Waals surface area (Å²) in [6, 6.07) is 0. The number of alkyl halides is 3. The lowest BCUT2D eigenvalue weighted by Crippen LogP contribution is -2.21. The molecule has 0 spiro atoms. The average molecular weight is 226 g/mol. The maximum atomic E-state index is 11.7. The topological polar surface area (TPSA) is 26.3 Å². The van der Waals surface area contributed by atoms with Crippen molar-refractivity contribution in [3.05, 3.63) is 0 Å². The lowest BCUT2D eigenvalue weighted by atomic mass is 9.97. The Kier molecular flexibility index (Phi) is 6.56. The van der Waals surface area contributed by atoms with Crippen LogP contribution in [0.25, 0.3) is 0 Å². The second-order valence-corrected chi connectivity index (χ2v) is 3.53. The lowest BCUT2D eigenvalue weighted by Gasteiger charge is -2.11. The van der Waals surface area contributed by atoms with Crippen LogP contribution in [0.2, 0.25) is 0 Å². The largest absolute Gasteiger partial charge is 0.411 e.